The summed E-state index contributed by atoms with van der Waals surface area (Å²) in [4.78, 5) is 27.1. The number of carbonyl (C=O) groups is 1. The Balaban J connectivity index is 1.46. The van der Waals surface area contributed by atoms with E-state index in [1.165, 1.54) is 17.5 Å². The Bertz CT molecular complexity index is 913. The van der Waals surface area contributed by atoms with Crippen LogP contribution >= 0.6 is 0 Å². The van der Waals surface area contributed by atoms with Crippen LogP contribution in [0, 0.1) is 0 Å². The topological polar surface area (TPSA) is 71.0 Å². The van der Waals surface area contributed by atoms with E-state index < -0.39 is 0 Å². The fourth-order valence-corrected chi connectivity index (χ4v) is 3.11. The smallest absolute Gasteiger partial charge is 0.270 e. The highest BCUT2D eigenvalue weighted by Gasteiger charge is 2.18. The Morgan fingerprint density at radius 3 is 2.85 bits per heavy atom. The summed E-state index contributed by atoms with van der Waals surface area (Å²) in [6, 6.07) is 14.0. The van der Waals surface area contributed by atoms with E-state index in [-0.39, 0.29) is 5.91 Å². The monoisotopic (exact) mass is 345 g/mol. The highest BCUT2D eigenvalue weighted by molar-refractivity contribution is 5.92. The van der Waals surface area contributed by atoms with Gasteiger partial charge in [0.05, 0.1) is 0 Å². The van der Waals surface area contributed by atoms with Crippen molar-refractivity contribution in [3.63, 3.8) is 0 Å². The minimum absolute atomic E-state index is 0.213. The van der Waals surface area contributed by atoms with E-state index in [9.17, 15) is 4.79 Å². The predicted octanol–water partition coefficient (Wildman–Crippen LogP) is 2.36. The molecule has 2 aromatic heterocycles. The van der Waals surface area contributed by atoms with E-state index in [4.69, 9.17) is 0 Å². The first-order valence-corrected chi connectivity index (χ1v) is 8.60. The summed E-state index contributed by atoms with van der Waals surface area (Å²) >= 11 is 0. The fraction of sp³-hybridized carbons (Fsp3) is 0.200. The van der Waals surface area contributed by atoms with Crippen molar-refractivity contribution in [3.8, 4) is 0 Å². The van der Waals surface area contributed by atoms with Crippen molar-refractivity contribution in [1.82, 2.24) is 20.3 Å². The predicted molar refractivity (Wildman–Crippen MR) is 98.6 cm³/mol. The fourth-order valence-electron chi connectivity index (χ4n) is 3.11. The van der Waals surface area contributed by atoms with Crippen molar-refractivity contribution in [3.05, 3.63) is 83.6 Å². The zero-order valence-electron chi connectivity index (χ0n) is 14.3. The lowest BCUT2D eigenvalue weighted by molar-refractivity contribution is 0.0945. The number of hydrogen-bond donors (Lipinski definition) is 1. The van der Waals surface area contributed by atoms with Crippen LogP contribution in [0.1, 0.15) is 27.2 Å². The van der Waals surface area contributed by atoms with Crippen molar-refractivity contribution in [2.75, 3.05) is 11.4 Å². The van der Waals surface area contributed by atoms with Gasteiger partial charge in [-0.25, -0.2) is 9.97 Å². The number of aromatic nitrogens is 3. The molecule has 26 heavy (non-hydrogen) atoms. The van der Waals surface area contributed by atoms with Crippen molar-refractivity contribution < 1.29 is 4.79 Å². The number of pyridine rings is 1. The van der Waals surface area contributed by atoms with E-state index >= 15 is 0 Å². The second kappa shape index (κ2) is 7.31. The molecule has 3 aromatic rings. The molecule has 0 bridgehead atoms. The van der Waals surface area contributed by atoms with E-state index in [0.717, 1.165) is 30.9 Å². The average molecular weight is 345 g/mol. The number of anilines is 1. The van der Waals surface area contributed by atoms with Gasteiger partial charge in [0.15, 0.2) is 0 Å². The number of hydrogen-bond acceptors (Lipinski definition) is 5. The SMILES string of the molecule is O=C(NCc1cccnc1)c1cc(N2CCc3ccccc3C2)ncn1. The number of nitrogens with zero attached hydrogens (tertiary/aromatic N) is 4. The highest BCUT2D eigenvalue weighted by atomic mass is 16.1. The quantitative estimate of drug-likeness (QED) is 0.786. The molecule has 6 heteroatoms. The van der Waals surface area contributed by atoms with Crippen LogP contribution in [0.5, 0.6) is 0 Å². The van der Waals surface area contributed by atoms with Crippen LogP contribution in [0.15, 0.2) is 61.2 Å². The number of carbonyl (C=O) groups excluding carboxylic acids is 1. The Morgan fingerprint density at radius 1 is 1.12 bits per heavy atom. The second-order valence-electron chi connectivity index (χ2n) is 6.25. The molecule has 1 aliphatic heterocycles. The minimum atomic E-state index is -0.213. The Morgan fingerprint density at radius 2 is 2.00 bits per heavy atom. The molecule has 1 aromatic carbocycles. The van der Waals surface area contributed by atoms with Gasteiger partial charge in [-0.3, -0.25) is 9.78 Å². The third-order valence-electron chi connectivity index (χ3n) is 4.52. The molecule has 0 fully saturated rings. The lowest BCUT2D eigenvalue weighted by atomic mass is 10.00. The van der Waals surface area contributed by atoms with Crippen molar-refractivity contribution in [1.29, 1.82) is 0 Å². The lowest BCUT2D eigenvalue weighted by Gasteiger charge is -2.29. The van der Waals surface area contributed by atoms with E-state index in [0.29, 0.717) is 12.2 Å². The van der Waals surface area contributed by atoms with Gasteiger partial charge in [-0.15, -0.1) is 0 Å². The van der Waals surface area contributed by atoms with Gasteiger partial charge in [-0.1, -0.05) is 30.3 Å². The van der Waals surface area contributed by atoms with E-state index in [1.807, 2.05) is 12.1 Å². The molecule has 0 unspecified atom stereocenters. The normalized spacial score (nSPS) is 13.2. The zero-order valence-corrected chi connectivity index (χ0v) is 14.3. The minimum Gasteiger partial charge on any atom is -0.352 e. The molecule has 0 aliphatic carbocycles. The van der Waals surface area contributed by atoms with Gasteiger partial charge >= 0.3 is 0 Å². The molecule has 0 saturated heterocycles. The van der Waals surface area contributed by atoms with Crippen LogP contribution in [-0.2, 0) is 19.5 Å². The number of rotatable bonds is 4. The number of benzene rings is 1. The maximum absolute atomic E-state index is 12.4. The third-order valence-corrected chi connectivity index (χ3v) is 4.52. The average Bonchev–Trinajstić information content (AvgIpc) is 2.72. The number of fused-ring (bicyclic) bond motifs is 1. The van der Waals surface area contributed by atoms with Crippen LogP contribution < -0.4 is 10.2 Å². The molecule has 1 N–H and O–H groups in total. The molecule has 1 aliphatic rings. The first-order valence-electron chi connectivity index (χ1n) is 8.60. The van der Waals surface area contributed by atoms with Gasteiger partial charge in [0.2, 0.25) is 0 Å². The maximum Gasteiger partial charge on any atom is 0.270 e. The van der Waals surface area contributed by atoms with Crippen LogP contribution in [0.3, 0.4) is 0 Å². The first-order chi connectivity index (χ1) is 12.8. The summed E-state index contributed by atoms with van der Waals surface area (Å²) in [7, 11) is 0. The van der Waals surface area contributed by atoms with Gasteiger partial charge in [0.25, 0.3) is 5.91 Å². The first kappa shape index (κ1) is 16.2. The van der Waals surface area contributed by atoms with Crippen LogP contribution in [0.4, 0.5) is 5.82 Å². The molecular formula is C20H19N5O. The van der Waals surface area contributed by atoms with Crippen molar-refractivity contribution in [2.45, 2.75) is 19.5 Å². The van der Waals surface area contributed by atoms with Gasteiger partial charge in [0.1, 0.15) is 17.8 Å². The molecule has 0 saturated carbocycles. The highest BCUT2D eigenvalue weighted by Crippen LogP contribution is 2.22. The van der Waals surface area contributed by atoms with Crippen molar-refractivity contribution >= 4 is 11.7 Å². The molecular weight excluding hydrogens is 326 g/mol. The Hall–Kier alpha value is -3.28. The summed E-state index contributed by atoms with van der Waals surface area (Å²) in [6.07, 6.45) is 5.87. The molecule has 3 heterocycles. The third kappa shape index (κ3) is 3.54. The summed E-state index contributed by atoms with van der Waals surface area (Å²) in [6.45, 7) is 2.10. The van der Waals surface area contributed by atoms with Crippen molar-refractivity contribution in [2.24, 2.45) is 0 Å². The molecule has 6 nitrogen and oxygen atoms in total. The Labute approximate surface area is 151 Å². The van der Waals surface area contributed by atoms with Crippen LogP contribution in [0.25, 0.3) is 0 Å². The Kier molecular flexibility index (Phi) is 4.55. The van der Waals surface area contributed by atoms with Crippen LogP contribution in [0.2, 0.25) is 0 Å². The summed E-state index contributed by atoms with van der Waals surface area (Å²) in [5.74, 6) is 0.566. The molecule has 4 rings (SSSR count). The molecule has 130 valence electrons. The summed E-state index contributed by atoms with van der Waals surface area (Å²) in [5, 5.41) is 2.87. The number of nitrogens with one attached hydrogen (secondary N) is 1. The molecule has 0 atom stereocenters. The zero-order chi connectivity index (χ0) is 17.8. The van der Waals surface area contributed by atoms with E-state index in [2.05, 4.69) is 49.4 Å². The van der Waals surface area contributed by atoms with Gasteiger partial charge in [0, 0.05) is 38.1 Å². The van der Waals surface area contributed by atoms with Gasteiger partial charge in [-0.05, 0) is 29.2 Å². The lowest BCUT2D eigenvalue weighted by Crippen LogP contribution is -2.31. The molecule has 0 radical (unpaired) electrons. The van der Waals surface area contributed by atoms with Gasteiger partial charge in [-0.2, -0.15) is 0 Å². The summed E-state index contributed by atoms with van der Waals surface area (Å²) < 4.78 is 0. The maximum atomic E-state index is 12.4. The molecule has 1 amide bonds. The van der Waals surface area contributed by atoms with E-state index in [1.54, 1.807) is 18.5 Å². The van der Waals surface area contributed by atoms with Crippen LogP contribution in [-0.4, -0.2) is 27.4 Å². The molecule has 0 spiro atoms. The second-order valence-corrected chi connectivity index (χ2v) is 6.25. The number of amides is 1. The summed E-state index contributed by atoms with van der Waals surface area (Å²) in [5.41, 5.74) is 4.01. The largest absolute Gasteiger partial charge is 0.352 e. The van der Waals surface area contributed by atoms with Gasteiger partial charge < -0.3 is 10.2 Å². The standard InChI is InChI=1S/C20H19N5O/c26-20(22-12-15-4-3-8-21-11-15)18-10-19(24-14-23-18)25-9-7-16-5-1-2-6-17(16)13-25/h1-6,8,10-11,14H,7,9,12-13H2,(H,22,26).